The van der Waals surface area contributed by atoms with Gasteiger partial charge in [-0.2, -0.15) is 5.10 Å². The Balaban J connectivity index is 1.42. The van der Waals surface area contributed by atoms with Gasteiger partial charge < -0.3 is 14.5 Å². The third-order valence-corrected chi connectivity index (χ3v) is 4.97. The highest BCUT2D eigenvalue weighted by Crippen LogP contribution is 2.36. The number of amides is 2. The summed E-state index contributed by atoms with van der Waals surface area (Å²) < 4.78 is 11.4. The fourth-order valence-corrected chi connectivity index (χ4v) is 3.46. The van der Waals surface area contributed by atoms with E-state index < -0.39 is 0 Å². The summed E-state index contributed by atoms with van der Waals surface area (Å²) in [6.07, 6.45) is 0.242. The van der Waals surface area contributed by atoms with Gasteiger partial charge in [-0.3, -0.25) is 9.59 Å². The molecule has 0 atom stereocenters. The lowest BCUT2D eigenvalue weighted by atomic mass is 10.1. The quantitative estimate of drug-likeness (QED) is 0.330. The third kappa shape index (κ3) is 4.78. The van der Waals surface area contributed by atoms with Crippen LogP contribution in [-0.2, 0) is 16.0 Å². The van der Waals surface area contributed by atoms with E-state index in [1.54, 1.807) is 20.1 Å². The minimum Gasteiger partial charge on any atom is -0.495 e. The zero-order valence-corrected chi connectivity index (χ0v) is 17.8. The minimum absolute atomic E-state index is 0.0208. The molecule has 32 heavy (non-hydrogen) atoms. The normalized spacial score (nSPS) is 11.5. The van der Waals surface area contributed by atoms with E-state index in [1.807, 2.05) is 60.7 Å². The van der Waals surface area contributed by atoms with Crippen molar-refractivity contribution in [1.29, 1.82) is 0 Å². The van der Waals surface area contributed by atoms with Crippen LogP contribution in [0.25, 0.3) is 21.9 Å². The molecule has 4 rings (SSSR count). The lowest BCUT2D eigenvalue weighted by Crippen LogP contribution is -2.23. The van der Waals surface area contributed by atoms with Crippen molar-refractivity contribution in [3.8, 4) is 5.75 Å². The van der Waals surface area contributed by atoms with Crippen molar-refractivity contribution in [1.82, 2.24) is 5.43 Å². The summed E-state index contributed by atoms with van der Waals surface area (Å²) in [4.78, 5) is 24.6. The zero-order chi connectivity index (χ0) is 22.5. The van der Waals surface area contributed by atoms with Crippen molar-refractivity contribution in [2.45, 2.75) is 19.8 Å². The van der Waals surface area contributed by atoms with Gasteiger partial charge in [0.05, 0.1) is 25.6 Å². The van der Waals surface area contributed by atoms with Crippen molar-refractivity contribution < 1.29 is 18.7 Å². The number of hydrogen-bond acceptors (Lipinski definition) is 5. The molecule has 0 radical (unpaired) electrons. The van der Waals surface area contributed by atoms with E-state index >= 15 is 0 Å². The summed E-state index contributed by atoms with van der Waals surface area (Å²) in [6, 6.07) is 20.7. The Labute approximate surface area is 185 Å². The Kier molecular flexibility index (Phi) is 6.17. The smallest absolute Gasteiger partial charge is 0.244 e. The molecule has 0 aliphatic rings. The average Bonchev–Trinajstić information content (AvgIpc) is 3.15. The Bertz CT molecular complexity index is 1310. The summed E-state index contributed by atoms with van der Waals surface area (Å²) in [5.41, 5.74) is 5.79. The first-order valence-electron chi connectivity index (χ1n) is 10.2. The monoisotopic (exact) mass is 429 g/mol. The van der Waals surface area contributed by atoms with Gasteiger partial charge in [-0.05, 0) is 24.6 Å². The van der Waals surface area contributed by atoms with Gasteiger partial charge in [0.2, 0.25) is 11.8 Å². The Morgan fingerprint density at radius 3 is 2.47 bits per heavy atom. The largest absolute Gasteiger partial charge is 0.495 e. The van der Waals surface area contributed by atoms with Crippen molar-refractivity contribution in [2.75, 3.05) is 12.4 Å². The second-order valence-corrected chi connectivity index (χ2v) is 7.42. The standard InChI is InChI=1S/C25H23N3O4/c1-16(27-28-25(30)13-17-8-4-3-5-9-17)12-24(29)26-20-15-22-19(14-23(20)31-2)18-10-6-7-11-21(18)32-22/h3-11,14-15H,12-13H2,1-2H3,(H,26,29)(H,28,30). The van der Waals surface area contributed by atoms with Crippen molar-refractivity contribution in [3.05, 3.63) is 72.3 Å². The molecular weight excluding hydrogens is 406 g/mol. The molecule has 0 unspecified atom stereocenters. The number of hydrazone groups is 1. The van der Waals surface area contributed by atoms with Crippen LogP contribution in [0.5, 0.6) is 5.75 Å². The van der Waals surface area contributed by atoms with E-state index in [-0.39, 0.29) is 24.7 Å². The summed E-state index contributed by atoms with van der Waals surface area (Å²) in [5, 5.41) is 8.76. The lowest BCUT2D eigenvalue weighted by molar-refractivity contribution is -0.120. The molecule has 2 N–H and O–H groups in total. The number of para-hydroxylation sites is 1. The molecule has 1 aromatic heterocycles. The van der Waals surface area contributed by atoms with E-state index in [0.29, 0.717) is 22.7 Å². The van der Waals surface area contributed by atoms with Crippen LogP contribution in [0.4, 0.5) is 5.69 Å². The molecule has 3 aromatic carbocycles. The van der Waals surface area contributed by atoms with Crippen LogP contribution in [-0.4, -0.2) is 24.6 Å². The Hall–Kier alpha value is -4.13. The first-order chi connectivity index (χ1) is 15.5. The van der Waals surface area contributed by atoms with Crippen LogP contribution >= 0.6 is 0 Å². The first-order valence-corrected chi connectivity index (χ1v) is 10.2. The average molecular weight is 429 g/mol. The summed E-state index contributed by atoms with van der Waals surface area (Å²) in [6.45, 7) is 1.68. The fourth-order valence-electron chi connectivity index (χ4n) is 3.46. The number of anilines is 1. The maximum Gasteiger partial charge on any atom is 0.244 e. The summed E-state index contributed by atoms with van der Waals surface area (Å²) in [5.74, 6) is 0.00782. The number of rotatable bonds is 7. The Morgan fingerprint density at radius 2 is 1.69 bits per heavy atom. The highest BCUT2D eigenvalue weighted by Gasteiger charge is 2.14. The maximum atomic E-state index is 12.5. The number of furan rings is 1. The van der Waals surface area contributed by atoms with Gasteiger partial charge in [0, 0.05) is 22.6 Å². The van der Waals surface area contributed by atoms with Crippen molar-refractivity contribution in [2.24, 2.45) is 5.10 Å². The van der Waals surface area contributed by atoms with Crippen LogP contribution < -0.4 is 15.5 Å². The molecule has 1 heterocycles. The molecule has 0 aliphatic carbocycles. The van der Waals surface area contributed by atoms with E-state index in [2.05, 4.69) is 15.8 Å². The van der Waals surface area contributed by atoms with Crippen molar-refractivity contribution in [3.63, 3.8) is 0 Å². The van der Waals surface area contributed by atoms with Gasteiger partial charge in [-0.1, -0.05) is 48.5 Å². The van der Waals surface area contributed by atoms with Gasteiger partial charge in [-0.15, -0.1) is 0 Å². The number of carbonyl (C=O) groups is 2. The molecule has 2 amide bonds. The number of ether oxygens (including phenoxy) is 1. The number of nitrogens with one attached hydrogen (secondary N) is 2. The number of hydrogen-bond donors (Lipinski definition) is 2. The molecular formula is C25H23N3O4. The highest BCUT2D eigenvalue weighted by molar-refractivity contribution is 6.10. The van der Waals surface area contributed by atoms with Crippen LogP contribution in [0.15, 0.2) is 76.2 Å². The molecule has 0 fully saturated rings. The van der Waals surface area contributed by atoms with E-state index in [0.717, 1.165) is 21.9 Å². The molecule has 7 heteroatoms. The lowest BCUT2D eigenvalue weighted by Gasteiger charge is -2.10. The molecule has 0 bridgehead atoms. The third-order valence-electron chi connectivity index (χ3n) is 4.97. The maximum absolute atomic E-state index is 12.5. The van der Waals surface area contributed by atoms with Gasteiger partial charge in [0.15, 0.2) is 0 Å². The Morgan fingerprint density at radius 1 is 0.938 bits per heavy atom. The van der Waals surface area contributed by atoms with Gasteiger partial charge in [0.1, 0.15) is 16.9 Å². The second kappa shape index (κ2) is 9.34. The summed E-state index contributed by atoms with van der Waals surface area (Å²) in [7, 11) is 1.55. The van der Waals surface area contributed by atoms with Crippen LogP contribution in [0.2, 0.25) is 0 Å². The van der Waals surface area contributed by atoms with Crippen LogP contribution in [0, 0.1) is 0 Å². The molecule has 4 aromatic rings. The topological polar surface area (TPSA) is 92.9 Å². The molecule has 0 spiro atoms. The number of carbonyl (C=O) groups excluding carboxylic acids is 2. The minimum atomic E-state index is -0.280. The highest BCUT2D eigenvalue weighted by atomic mass is 16.5. The van der Waals surface area contributed by atoms with Crippen LogP contribution in [0.3, 0.4) is 0 Å². The number of nitrogens with zero attached hydrogens (tertiary/aromatic N) is 1. The van der Waals surface area contributed by atoms with E-state index in [4.69, 9.17) is 9.15 Å². The van der Waals surface area contributed by atoms with Gasteiger partial charge >= 0.3 is 0 Å². The molecule has 0 aliphatic heterocycles. The predicted molar refractivity (Wildman–Crippen MR) is 125 cm³/mol. The zero-order valence-electron chi connectivity index (χ0n) is 17.8. The first kappa shape index (κ1) is 21.1. The number of benzene rings is 3. The van der Waals surface area contributed by atoms with E-state index in [9.17, 15) is 9.59 Å². The van der Waals surface area contributed by atoms with E-state index in [1.165, 1.54) is 0 Å². The molecule has 7 nitrogen and oxygen atoms in total. The molecule has 0 saturated heterocycles. The number of fused-ring (bicyclic) bond motifs is 3. The van der Waals surface area contributed by atoms with Gasteiger partial charge in [0.25, 0.3) is 0 Å². The molecule has 0 saturated carbocycles. The second-order valence-electron chi connectivity index (χ2n) is 7.42. The summed E-state index contributed by atoms with van der Waals surface area (Å²) >= 11 is 0. The predicted octanol–water partition coefficient (Wildman–Crippen LogP) is 4.66. The fraction of sp³-hybridized carbons (Fsp3) is 0.160. The number of methoxy groups -OCH3 is 1. The van der Waals surface area contributed by atoms with Crippen molar-refractivity contribution >= 4 is 45.2 Å². The van der Waals surface area contributed by atoms with Crippen LogP contribution in [0.1, 0.15) is 18.9 Å². The molecule has 162 valence electrons. The SMILES string of the molecule is COc1cc2c(cc1NC(=O)CC(C)=NNC(=O)Cc1ccccc1)oc1ccccc12. The van der Waals surface area contributed by atoms with Gasteiger partial charge in [-0.25, -0.2) is 5.43 Å².